The van der Waals surface area contributed by atoms with Crippen LogP contribution in [0.5, 0.6) is 0 Å². The highest BCUT2D eigenvalue weighted by atomic mass is 31.2. The summed E-state index contributed by atoms with van der Waals surface area (Å²) in [5.74, 6) is 0.279. The van der Waals surface area contributed by atoms with E-state index in [4.69, 9.17) is 9.79 Å². The molecule has 1 unspecified atom stereocenters. The Hall–Kier alpha value is -1.69. The zero-order valence-electron chi connectivity index (χ0n) is 24.1. The SMILES string of the molecule is CC(C)=CCCC(C)=CCCC(C)=C(O)CC(O)C(C)=CCCC(C)=CCCC(C)=CCOP(=O)(O)O. The maximum absolute atomic E-state index is 10.7. The Kier molecular flexibility index (Phi) is 18.5. The zero-order valence-corrected chi connectivity index (χ0v) is 25.0. The first kappa shape index (κ1) is 35.3. The van der Waals surface area contributed by atoms with Gasteiger partial charge < -0.3 is 20.0 Å². The quantitative estimate of drug-likeness (QED) is 0.0791. The molecule has 212 valence electrons. The summed E-state index contributed by atoms with van der Waals surface area (Å²) in [6.07, 6.45) is 17.1. The molecule has 1 atom stereocenters. The molecule has 0 fully saturated rings. The highest BCUT2D eigenvalue weighted by molar-refractivity contribution is 7.46. The smallest absolute Gasteiger partial charge is 0.469 e. The molecule has 0 saturated carbocycles. The highest BCUT2D eigenvalue weighted by Gasteiger charge is 2.12. The highest BCUT2D eigenvalue weighted by Crippen LogP contribution is 2.35. The van der Waals surface area contributed by atoms with E-state index in [2.05, 4.69) is 50.4 Å². The molecule has 0 aliphatic rings. The lowest BCUT2D eigenvalue weighted by molar-refractivity contribution is 0.189. The van der Waals surface area contributed by atoms with Crippen molar-refractivity contribution in [2.45, 2.75) is 112 Å². The molecule has 7 heteroatoms. The Balaban J connectivity index is 4.49. The lowest BCUT2D eigenvalue weighted by Crippen LogP contribution is -2.10. The summed E-state index contributed by atoms with van der Waals surface area (Å²) in [6, 6.07) is 0. The Morgan fingerprint density at radius 1 is 0.730 bits per heavy atom. The molecule has 0 bridgehead atoms. The van der Waals surface area contributed by atoms with Crippen LogP contribution < -0.4 is 0 Å². The minimum Gasteiger partial charge on any atom is -0.512 e. The second-order valence-electron chi connectivity index (χ2n) is 10.3. The molecule has 0 aromatic rings. The third kappa shape index (κ3) is 21.0. The molecule has 0 spiro atoms. The minimum absolute atomic E-state index is 0.0942. The topological polar surface area (TPSA) is 107 Å². The van der Waals surface area contributed by atoms with Gasteiger partial charge in [-0.1, -0.05) is 52.7 Å². The first-order valence-electron chi connectivity index (χ1n) is 13.2. The largest absolute Gasteiger partial charge is 0.512 e. The summed E-state index contributed by atoms with van der Waals surface area (Å²) in [4.78, 5) is 17.4. The lowest BCUT2D eigenvalue weighted by Gasteiger charge is -2.13. The minimum atomic E-state index is -4.42. The summed E-state index contributed by atoms with van der Waals surface area (Å²) >= 11 is 0. The van der Waals surface area contributed by atoms with E-state index in [9.17, 15) is 14.8 Å². The molecule has 37 heavy (non-hydrogen) atoms. The van der Waals surface area contributed by atoms with Crippen molar-refractivity contribution in [2.75, 3.05) is 6.61 Å². The third-order valence-corrected chi connectivity index (χ3v) is 6.70. The van der Waals surface area contributed by atoms with E-state index in [-0.39, 0.29) is 18.8 Å². The van der Waals surface area contributed by atoms with Gasteiger partial charge in [-0.3, -0.25) is 4.52 Å². The molecular formula is C30H51O6P. The van der Waals surface area contributed by atoms with Gasteiger partial charge in [0.25, 0.3) is 0 Å². The van der Waals surface area contributed by atoms with Crippen molar-refractivity contribution < 1.29 is 29.1 Å². The van der Waals surface area contributed by atoms with Crippen molar-refractivity contribution in [3.63, 3.8) is 0 Å². The molecule has 0 heterocycles. The molecule has 0 aliphatic carbocycles. The fourth-order valence-electron chi connectivity index (χ4n) is 3.58. The standard InChI is InChI=1S/C30H51O6P/c1-23(2)12-8-13-24(3)16-10-18-27(6)29(31)22-30(32)28(7)19-11-17-25(4)14-9-15-26(5)20-21-36-37(33,34)35/h12,14,16,19-20,30-32H,8-11,13,15,17-18,21-22H2,1-7H3,(H2,33,34,35). The molecule has 0 saturated heterocycles. The van der Waals surface area contributed by atoms with E-state index in [1.165, 1.54) is 16.7 Å². The van der Waals surface area contributed by atoms with Crippen LogP contribution in [-0.2, 0) is 9.09 Å². The second kappa shape index (κ2) is 19.4. The van der Waals surface area contributed by atoms with Gasteiger partial charge in [-0.2, -0.15) is 0 Å². The molecule has 0 radical (unpaired) electrons. The number of phosphoric ester groups is 1. The number of rotatable bonds is 18. The van der Waals surface area contributed by atoms with E-state index in [1.54, 1.807) is 6.08 Å². The van der Waals surface area contributed by atoms with E-state index in [1.807, 2.05) is 26.8 Å². The van der Waals surface area contributed by atoms with Gasteiger partial charge in [-0.15, -0.1) is 0 Å². The van der Waals surface area contributed by atoms with Crippen LogP contribution >= 0.6 is 7.82 Å². The van der Waals surface area contributed by atoms with Crippen molar-refractivity contribution in [2.24, 2.45) is 0 Å². The maximum atomic E-state index is 10.7. The van der Waals surface area contributed by atoms with Crippen molar-refractivity contribution in [3.05, 3.63) is 69.6 Å². The van der Waals surface area contributed by atoms with Crippen LogP contribution in [0.15, 0.2) is 69.6 Å². The number of aliphatic hydroxyl groups excluding tert-OH is 2. The van der Waals surface area contributed by atoms with E-state index in [0.717, 1.165) is 68.1 Å². The van der Waals surface area contributed by atoms with Gasteiger partial charge in [-0.25, -0.2) is 4.57 Å². The van der Waals surface area contributed by atoms with E-state index >= 15 is 0 Å². The number of aliphatic hydroxyl groups is 2. The van der Waals surface area contributed by atoms with Crippen LogP contribution in [0.2, 0.25) is 0 Å². The average Bonchev–Trinajstić information content (AvgIpc) is 2.77. The van der Waals surface area contributed by atoms with Crippen LogP contribution in [0.3, 0.4) is 0 Å². The fraction of sp³-hybridized carbons (Fsp3) is 0.600. The Morgan fingerprint density at radius 3 is 1.70 bits per heavy atom. The van der Waals surface area contributed by atoms with Crippen LogP contribution in [0.1, 0.15) is 106 Å². The molecule has 0 aromatic heterocycles. The Morgan fingerprint density at radius 2 is 1.19 bits per heavy atom. The molecule has 0 rings (SSSR count). The lowest BCUT2D eigenvalue weighted by atomic mass is 10.0. The zero-order chi connectivity index (χ0) is 28.4. The number of allylic oxidation sites excluding steroid dienone is 9. The van der Waals surface area contributed by atoms with Crippen molar-refractivity contribution in [1.29, 1.82) is 0 Å². The predicted octanol–water partition coefficient (Wildman–Crippen LogP) is 8.55. The molecule has 0 amide bonds. The maximum Gasteiger partial charge on any atom is 0.469 e. The second-order valence-corrected chi connectivity index (χ2v) is 11.5. The summed E-state index contributed by atoms with van der Waals surface area (Å²) in [5.41, 5.74) is 6.78. The Labute approximate surface area is 225 Å². The van der Waals surface area contributed by atoms with Crippen LogP contribution in [0.4, 0.5) is 0 Å². The Bertz CT molecular complexity index is 910. The summed E-state index contributed by atoms with van der Waals surface area (Å²) in [7, 11) is -4.42. The number of hydrogen-bond donors (Lipinski definition) is 4. The summed E-state index contributed by atoms with van der Waals surface area (Å²) in [5, 5.41) is 21.0. The van der Waals surface area contributed by atoms with Gasteiger partial charge >= 0.3 is 7.82 Å². The van der Waals surface area contributed by atoms with Crippen molar-refractivity contribution >= 4 is 7.82 Å². The predicted molar refractivity (Wildman–Crippen MR) is 155 cm³/mol. The van der Waals surface area contributed by atoms with Gasteiger partial charge in [0.05, 0.1) is 18.5 Å². The van der Waals surface area contributed by atoms with Gasteiger partial charge in [0.1, 0.15) is 0 Å². The third-order valence-electron chi connectivity index (χ3n) is 6.22. The van der Waals surface area contributed by atoms with Crippen LogP contribution in [-0.4, -0.2) is 32.7 Å². The van der Waals surface area contributed by atoms with Gasteiger partial charge in [0, 0.05) is 6.42 Å². The number of hydrogen-bond acceptors (Lipinski definition) is 4. The first-order chi connectivity index (χ1) is 17.2. The monoisotopic (exact) mass is 538 g/mol. The normalized spacial score (nSPS) is 15.5. The fourth-order valence-corrected chi connectivity index (χ4v) is 3.85. The molecule has 0 aromatic carbocycles. The van der Waals surface area contributed by atoms with Gasteiger partial charge in [0.15, 0.2) is 0 Å². The van der Waals surface area contributed by atoms with Crippen molar-refractivity contribution in [3.8, 4) is 0 Å². The van der Waals surface area contributed by atoms with E-state index < -0.39 is 13.9 Å². The van der Waals surface area contributed by atoms with Crippen LogP contribution in [0, 0.1) is 0 Å². The van der Waals surface area contributed by atoms with Crippen molar-refractivity contribution in [1.82, 2.24) is 0 Å². The van der Waals surface area contributed by atoms with E-state index in [0.29, 0.717) is 0 Å². The molecule has 0 aliphatic heterocycles. The van der Waals surface area contributed by atoms with Gasteiger partial charge in [-0.05, 0) is 111 Å². The number of phosphoric acid groups is 1. The molecule has 6 nitrogen and oxygen atoms in total. The molecule has 4 N–H and O–H groups in total. The molecular weight excluding hydrogens is 487 g/mol. The summed E-state index contributed by atoms with van der Waals surface area (Å²) in [6.45, 7) is 14.1. The van der Waals surface area contributed by atoms with Crippen LogP contribution in [0.25, 0.3) is 0 Å². The summed E-state index contributed by atoms with van der Waals surface area (Å²) < 4.78 is 15.1. The first-order valence-corrected chi connectivity index (χ1v) is 14.8. The van der Waals surface area contributed by atoms with Gasteiger partial charge in [0.2, 0.25) is 0 Å². The average molecular weight is 539 g/mol.